The molecule has 0 aliphatic carbocycles. The van der Waals surface area contributed by atoms with Crippen molar-refractivity contribution in [2.75, 3.05) is 23.8 Å². The Morgan fingerprint density at radius 1 is 0.713 bits per heavy atom. The van der Waals surface area contributed by atoms with Crippen LogP contribution in [0, 0.1) is 5.92 Å². The van der Waals surface area contributed by atoms with Crippen LogP contribution in [0.15, 0.2) is 135 Å². The number of amides is 4. The van der Waals surface area contributed by atoms with Crippen molar-refractivity contribution in [3.63, 3.8) is 0 Å². The lowest BCUT2D eigenvalue weighted by molar-refractivity contribution is -0.134. The number of ether oxygens (including phenoxy) is 3. The third-order valence-corrected chi connectivity index (χ3v) is 20.3. The largest absolute Gasteiger partial charge is 0.369 e. The van der Waals surface area contributed by atoms with Gasteiger partial charge < -0.3 is 38.4 Å². The van der Waals surface area contributed by atoms with E-state index in [4.69, 9.17) is 36.8 Å². The number of anilines is 2. The molecule has 13 unspecified atom stereocenters. The normalized spacial score (nSPS) is 25.7. The van der Waals surface area contributed by atoms with Gasteiger partial charge in [-0.15, -0.1) is 0 Å². The van der Waals surface area contributed by atoms with Crippen LogP contribution < -0.4 is 16.0 Å². The first-order valence-electron chi connectivity index (χ1n) is 28.4. The molecule has 0 bridgehead atoms. The number of hydrogen-bond donors (Lipinski definition) is 3. The van der Waals surface area contributed by atoms with Crippen molar-refractivity contribution in [1.29, 1.82) is 0 Å². The molecule has 3 fully saturated rings. The van der Waals surface area contributed by atoms with Crippen LogP contribution in [0.2, 0.25) is 0 Å². The van der Waals surface area contributed by atoms with Crippen LogP contribution in [-0.2, 0) is 55.5 Å². The van der Waals surface area contributed by atoms with Crippen LogP contribution in [0.25, 0.3) is 22.3 Å². The Morgan fingerprint density at radius 3 is 1.67 bits per heavy atom. The van der Waals surface area contributed by atoms with Crippen LogP contribution >= 0.6 is 23.5 Å². The van der Waals surface area contributed by atoms with Crippen LogP contribution in [0.4, 0.5) is 11.6 Å². The number of carbonyl (C=O) groups excluding carboxylic acids is 4. The highest BCUT2D eigenvalue weighted by atomic mass is 31.2. The zero-order chi connectivity index (χ0) is 61.7. The molecule has 0 spiro atoms. The molecule has 8 heterocycles. The highest BCUT2D eigenvalue weighted by Crippen LogP contribution is 2.57. The van der Waals surface area contributed by atoms with Gasteiger partial charge >= 0.3 is 15.2 Å². The number of hydrogen-bond acceptors (Lipinski definition) is 21. The lowest BCUT2D eigenvalue weighted by Gasteiger charge is -2.37. The lowest BCUT2D eigenvalue weighted by Crippen LogP contribution is -2.44. The van der Waals surface area contributed by atoms with Crippen LogP contribution in [0.5, 0.6) is 0 Å². The Kier molecular flexibility index (Phi) is 19.8. The third-order valence-electron chi connectivity index (χ3n) is 15.1. The van der Waals surface area contributed by atoms with Gasteiger partial charge in [-0.25, -0.2) is 29.9 Å². The molecule has 4 aliphatic heterocycles. The maximum Gasteiger partial charge on any atom is 0.354 e. The predicted molar refractivity (Wildman–Crippen MR) is 322 cm³/mol. The lowest BCUT2D eigenvalue weighted by atomic mass is 9.93. The molecule has 87 heavy (non-hydrogen) atoms. The molecule has 3 N–H and O–H groups in total. The molecule has 4 aromatic heterocycles. The van der Waals surface area contributed by atoms with Crippen molar-refractivity contribution in [2.24, 2.45) is 5.92 Å². The number of rotatable bonds is 26. The van der Waals surface area contributed by atoms with Gasteiger partial charge in [0, 0.05) is 59.7 Å². The summed E-state index contributed by atoms with van der Waals surface area (Å²) in [5.41, 5.74) is 2.37. The van der Waals surface area contributed by atoms with Gasteiger partial charge in [0.2, 0.25) is 5.91 Å². The summed E-state index contributed by atoms with van der Waals surface area (Å²) < 4.78 is 87.1. The highest BCUT2D eigenvalue weighted by molar-refractivity contribution is 7.57. The molecule has 4 aliphatic rings. The second kappa shape index (κ2) is 27.2. The van der Waals surface area contributed by atoms with Gasteiger partial charge in [0.15, 0.2) is 34.0 Å². The van der Waals surface area contributed by atoms with Crippen molar-refractivity contribution in [2.45, 2.75) is 134 Å². The van der Waals surface area contributed by atoms with Gasteiger partial charge in [-0.05, 0) is 71.1 Å². The van der Waals surface area contributed by atoms with Gasteiger partial charge in [0.1, 0.15) is 51.7 Å². The molecule has 3 saturated heterocycles. The van der Waals surface area contributed by atoms with E-state index in [0.717, 1.165) is 11.6 Å². The number of fused-ring (bicyclic) bond motifs is 2. The maximum atomic E-state index is 15.1. The first-order chi connectivity index (χ1) is 41.8. The molecule has 4 amide bonds. The Hall–Kier alpha value is -6.89. The molecule has 29 heteroatoms. The van der Waals surface area contributed by atoms with E-state index in [1.54, 1.807) is 82.5 Å². The summed E-state index contributed by atoms with van der Waals surface area (Å²) in [6.45, 7) is 22.6. The zero-order valence-corrected chi connectivity index (χ0v) is 51.4. The summed E-state index contributed by atoms with van der Waals surface area (Å²) in [5, 5.41) is 8.02. The second-order valence-electron chi connectivity index (χ2n) is 21.5. The number of nitrogens with one attached hydrogen (secondary N) is 3. The number of imide groups is 1. The van der Waals surface area contributed by atoms with E-state index in [2.05, 4.69) is 70.3 Å². The van der Waals surface area contributed by atoms with Crippen molar-refractivity contribution >= 4 is 81.1 Å². The minimum Gasteiger partial charge on any atom is -0.369 e. The number of imidazole rings is 2. The molecular weight excluding hydrogens is 1180 g/mol. The summed E-state index contributed by atoms with van der Waals surface area (Å²) in [5.74, 6) is 1.54. The van der Waals surface area contributed by atoms with Gasteiger partial charge in [0.25, 0.3) is 17.7 Å². The molecule has 10 rings (SSSR count). The van der Waals surface area contributed by atoms with E-state index < -0.39 is 109 Å². The molecule has 6 aromatic rings. The van der Waals surface area contributed by atoms with Crippen LogP contribution in [0.1, 0.15) is 100 Å². The number of carbonyl (C=O) groups is 4. The molecule has 0 radical (unpaired) electrons. The van der Waals surface area contributed by atoms with E-state index in [-0.39, 0.29) is 66.7 Å². The first-order valence-corrected chi connectivity index (χ1v) is 32.9. The summed E-state index contributed by atoms with van der Waals surface area (Å²) in [7, 11) is -10.0. The molecule has 0 saturated carbocycles. The van der Waals surface area contributed by atoms with Crippen LogP contribution in [-0.4, -0.2) is 135 Å². The minimum atomic E-state index is -4.37. The van der Waals surface area contributed by atoms with Crippen molar-refractivity contribution in [1.82, 2.24) is 49.0 Å². The van der Waals surface area contributed by atoms with Gasteiger partial charge in [0.05, 0.1) is 56.2 Å². The minimum absolute atomic E-state index is 0.0371. The van der Waals surface area contributed by atoms with Gasteiger partial charge in [-0.2, -0.15) is 0 Å². The number of nitrogens with zero attached hydrogens (tertiary/aromatic N) is 9. The summed E-state index contributed by atoms with van der Waals surface area (Å²) in [4.78, 5) is 78.7. The SMILES string of the molecule is C=CP(OC1CC(C2C=C(C)C(=O)NC2=O)OC1COP(=O)(C=C)OC1CC(n2cnc3c(NC(=O)c4ccccc4)ncnc32)OC1COP(=O)(C=C)OC1CC(n2cnc3c(NC(=O)c4ccccc4)ncnc32)OC1CC)N(C(C)C)C(C)C. The van der Waals surface area contributed by atoms with Gasteiger partial charge in [-0.3, -0.25) is 56.5 Å². The van der Waals surface area contributed by atoms with Crippen molar-refractivity contribution in [3.05, 3.63) is 146 Å². The Bertz CT molecular complexity index is 3660. The summed E-state index contributed by atoms with van der Waals surface area (Å²) in [6, 6.07) is 17.4. The molecular formula is C58H69N12O14P3. The fraction of sp³-hybridized carbons (Fsp3) is 0.414. The maximum absolute atomic E-state index is 15.1. The standard InChI is InChI=1S/C58H69N12O14P3/c1-10-40-43(26-47(80-40)68-32-63-49-51(59-30-61-53(49)68)65-56(72)37-20-16-14-17-21-37)83-86(75,12-3)78-29-46-44(27-48(81-46)69-33-64-50-52(60-31-62-54(50)69)66-57(73)38-22-18-15-19-23-38)84-87(76,13-4)77-28-45-42(82-85(11-2)70(34(5)6)35(7)8)25-41(79-45)39-24-36(9)55(71)67-58(39)74/h11-24,30-35,39-48H,2-4,10,25-29H2,1,5-9H3,(H,67,71,74)(H,59,61,65,72)(H,60,62,66,73). The Labute approximate surface area is 503 Å². The molecule has 2 aromatic carbocycles. The van der Waals surface area contributed by atoms with E-state index in [9.17, 15) is 23.7 Å². The van der Waals surface area contributed by atoms with Crippen molar-refractivity contribution in [3.8, 4) is 0 Å². The zero-order valence-electron chi connectivity index (χ0n) is 48.8. The molecule has 13 atom stereocenters. The third kappa shape index (κ3) is 14.0. The van der Waals surface area contributed by atoms with E-state index >= 15 is 4.57 Å². The Morgan fingerprint density at radius 2 is 1.20 bits per heavy atom. The quantitative estimate of drug-likeness (QED) is 0.0336. The fourth-order valence-corrected chi connectivity index (χ4v) is 15.1. The molecule has 460 valence electrons. The molecule has 26 nitrogen and oxygen atoms in total. The monoisotopic (exact) mass is 1250 g/mol. The van der Waals surface area contributed by atoms with Gasteiger partial charge in [-0.1, -0.05) is 69.1 Å². The number of aromatic nitrogens is 8. The average molecular weight is 1250 g/mol. The Balaban J connectivity index is 0.887. The highest BCUT2D eigenvalue weighted by Gasteiger charge is 2.48. The number of benzene rings is 2. The fourth-order valence-electron chi connectivity index (χ4n) is 10.9. The predicted octanol–water partition coefficient (Wildman–Crippen LogP) is 9.97. The average Bonchev–Trinajstić information content (AvgIpc) is 2.89. The van der Waals surface area contributed by atoms with E-state index in [1.165, 1.54) is 25.3 Å². The van der Waals surface area contributed by atoms with Crippen LogP contribution in [0.3, 0.4) is 0 Å². The van der Waals surface area contributed by atoms with Crippen molar-refractivity contribution < 1.29 is 65.1 Å². The summed E-state index contributed by atoms with van der Waals surface area (Å²) in [6.07, 6.45) is 0.161. The van der Waals surface area contributed by atoms with E-state index in [1.807, 2.05) is 40.7 Å². The first kappa shape index (κ1) is 63.1. The smallest absolute Gasteiger partial charge is 0.354 e. The second-order valence-corrected chi connectivity index (χ2v) is 27.0. The topological polar surface area (TPSA) is 303 Å². The van der Waals surface area contributed by atoms with E-state index in [0.29, 0.717) is 34.3 Å². The summed E-state index contributed by atoms with van der Waals surface area (Å²) >= 11 is 0.